The number of nitrogens with zero attached hydrogens (tertiary/aromatic N) is 2. The monoisotopic (exact) mass is 176 g/mol. The van der Waals surface area contributed by atoms with Crippen LogP contribution < -0.4 is 11.2 Å². The maximum atomic E-state index is 7.79. The van der Waals surface area contributed by atoms with E-state index in [1.165, 1.54) is 0 Å². The molecular weight excluding hydrogens is 164 g/mol. The van der Waals surface area contributed by atoms with Crippen LogP contribution in [0.25, 0.3) is 10.9 Å². The highest BCUT2D eigenvalue weighted by Gasteiger charge is 2.04. The topological polar surface area (TPSA) is 59.7 Å². The number of aromatic nitrogens is 2. The predicted octanol–water partition coefficient (Wildman–Crippen LogP) is 0.578. The number of aryl methyl sites for hydroxylation is 1. The molecule has 3 N–H and O–H groups in total. The highest BCUT2D eigenvalue weighted by Crippen LogP contribution is 2.13. The molecule has 0 atom stereocenters. The van der Waals surface area contributed by atoms with E-state index in [0.717, 1.165) is 10.9 Å². The number of fused-ring (bicyclic) bond motifs is 1. The second-order valence-corrected chi connectivity index (χ2v) is 3.17. The largest absolute Gasteiger partial charge is 0.399 e. The molecule has 1 aromatic carbocycles. The number of hydrogen-bond acceptors (Lipinski definition) is 2. The van der Waals surface area contributed by atoms with E-state index in [1.54, 1.807) is 4.68 Å². The van der Waals surface area contributed by atoms with E-state index in [4.69, 9.17) is 11.1 Å². The molecule has 68 valence electrons. The molecule has 0 amide bonds. The molecule has 13 heavy (non-hydrogen) atoms. The smallest absolute Gasteiger partial charge is 0.149 e. The summed E-state index contributed by atoms with van der Waals surface area (Å²) < 4.78 is 3.71. The molecule has 0 radical (unpaired) electrons. The van der Waals surface area contributed by atoms with Crippen LogP contribution >= 0.6 is 0 Å². The van der Waals surface area contributed by atoms with Crippen LogP contribution in [-0.4, -0.2) is 9.36 Å². The Hall–Kier alpha value is -1.71. The summed E-state index contributed by atoms with van der Waals surface area (Å²) in [4.78, 5) is 0. The average Bonchev–Trinajstić information content (AvgIpc) is 2.32. The predicted molar refractivity (Wildman–Crippen MR) is 52.2 cm³/mol. The van der Waals surface area contributed by atoms with Gasteiger partial charge >= 0.3 is 0 Å². The maximum absolute atomic E-state index is 7.79. The third-order valence-corrected chi connectivity index (χ3v) is 2.40. The van der Waals surface area contributed by atoms with Crippen molar-refractivity contribution in [3.05, 3.63) is 23.7 Å². The van der Waals surface area contributed by atoms with E-state index < -0.39 is 0 Å². The Balaban J connectivity index is 3.04. The van der Waals surface area contributed by atoms with Gasteiger partial charge in [-0.1, -0.05) is 0 Å². The molecule has 0 aliphatic rings. The number of nitrogen functional groups attached to an aromatic ring is 1. The number of benzene rings is 1. The van der Waals surface area contributed by atoms with Crippen molar-refractivity contribution < 1.29 is 0 Å². The van der Waals surface area contributed by atoms with Gasteiger partial charge in [0.15, 0.2) is 0 Å². The lowest BCUT2D eigenvalue weighted by atomic mass is 10.2. The molecule has 0 saturated carbocycles. The van der Waals surface area contributed by atoms with Gasteiger partial charge in [0.05, 0.1) is 5.52 Å². The van der Waals surface area contributed by atoms with Crippen LogP contribution in [0.5, 0.6) is 0 Å². The fourth-order valence-corrected chi connectivity index (χ4v) is 1.51. The highest BCUT2D eigenvalue weighted by atomic mass is 15.4. The lowest BCUT2D eigenvalue weighted by Crippen LogP contribution is -2.16. The molecule has 0 aliphatic heterocycles. The van der Waals surface area contributed by atoms with E-state index in [-0.39, 0.29) is 0 Å². The summed E-state index contributed by atoms with van der Waals surface area (Å²) >= 11 is 0. The SMILES string of the molecule is Cn1c(=N)c2cc(N)ccc2n1C. The second-order valence-electron chi connectivity index (χ2n) is 3.17. The van der Waals surface area contributed by atoms with Gasteiger partial charge in [0.1, 0.15) is 5.49 Å². The minimum Gasteiger partial charge on any atom is -0.399 e. The van der Waals surface area contributed by atoms with Crippen molar-refractivity contribution in [3.63, 3.8) is 0 Å². The summed E-state index contributed by atoms with van der Waals surface area (Å²) in [6.45, 7) is 0. The Morgan fingerprint density at radius 2 is 1.92 bits per heavy atom. The van der Waals surface area contributed by atoms with Crippen molar-refractivity contribution in [1.82, 2.24) is 9.36 Å². The van der Waals surface area contributed by atoms with Gasteiger partial charge in [-0.15, -0.1) is 0 Å². The van der Waals surface area contributed by atoms with Gasteiger partial charge in [-0.2, -0.15) is 0 Å². The zero-order chi connectivity index (χ0) is 9.59. The summed E-state index contributed by atoms with van der Waals surface area (Å²) in [6.07, 6.45) is 0. The van der Waals surface area contributed by atoms with Crippen LogP contribution in [0.3, 0.4) is 0 Å². The van der Waals surface area contributed by atoms with E-state index in [0.29, 0.717) is 11.2 Å². The zero-order valence-electron chi connectivity index (χ0n) is 7.70. The van der Waals surface area contributed by atoms with Crippen molar-refractivity contribution in [3.8, 4) is 0 Å². The summed E-state index contributed by atoms with van der Waals surface area (Å²) in [6, 6.07) is 5.61. The summed E-state index contributed by atoms with van der Waals surface area (Å²) in [5.41, 5.74) is 7.87. The summed E-state index contributed by atoms with van der Waals surface area (Å²) in [7, 11) is 3.79. The van der Waals surface area contributed by atoms with E-state index in [2.05, 4.69) is 0 Å². The van der Waals surface area contributed by atoms with Crippen LogP contribution in [0.2, 0.25) is 0 Å². The molecule has 1 heterocycles. The number of rotatable bonds is 0. The average molecular weight is 176 g/mol. The van der Waals surface area contributed by atoms with E-state index >= 15 is 0 Å². The first-order valence-electron chi connectivity index (χ1n) is 4.07. The van der Waals surface area contributed by atoms with Crippen LogP contribution in [-0.2, 0) is 14.1 Å². The standard InChI is InChI=1S/C9H12N4/c1-12-8-4-3-6(10)5-7(8)9(11)13(12)2/h3-5,11H,10H2,1-2H3. The van der Waals surface area contributed by atoms with E-state index in [1.807, 2.05) is 37.0 Å². The molecule has 2 aromatic rings. The fourth-order valence-electron chi connectivity index (χ4n) is 1.51. The minimum absolute atomic E-state index is 0.491. The number of nitrogens with two attached hydrogens (primary N) is 1. The highest BCUT2D eigenvalue weighted by molar-refractivity contribution is 5.81. The lowest BCUT2D eigenvalue weighted by molar-refractivity contribution is 0.583. The second kappa shape index (κ2) is 2.39. The molecule has 4 nitrogen and oxygen atoms in total. The van der Waals surface area contributed by atoms with Crippen molar-refractivity contribution in [1.29, 1.82) is 5.41 Å². The van der Waals surface area contributed by atoms with Crippen LogP contribution in [0.1, 0.15) is 0 Å². The van der Waals surface area contributed by atoms with Crippen molar-refractivity contribution in [2.45, 2.75) is 0 Å². The van der Waals surface area contributed by atoms with Gasteiger partial charge in [0.2, 0.25) is 0 Å². The molecule has 1 aromatic heterocycles. The molecule has 0 spiro atoms. The first-order valence-corrected chi connectivity index (χ1v) is 4.07. The fraction of sp³-hybridized carbons (Fsp3) is 0.222. The normalized spacial score (nSPS) is 10.9. The van der Waals surface area contributed by atoms with Gasteiger partial charge < -0.3 is 5.73 Å². The molecule has 0 unspecified atom stereocenters. The van der Waals surface area contributed by atoms with Crippen molar-refractivity contribution in [2.24, 2.45) is 14.1 Å². The van der Waals surface area contributed by atoms with Crippen LogP contribution in [0.15, 0.2) is 18.2 Å². The minimum atomic E-state index is 0.491. The zero-order valence-corrected chi connectivity index (χ0v) is 7.70. The lowest BCUT2D eigenvalue weighted by Gasteiger charge is -1.99. The first-order chi connectivity index (χ1) is 6.11. The Kier molecular flexibility index (Phi) is 1.45. The summed E-state index contributed by atoms with van der Waals surface area (Å²) in [5.74, 6) is 0. The first kappa shape index (κ1) is 7.91. The van der Waals surface area contributed by atoms with Gasteiger partial charge in [0.25, 0.3) is 0 Å². The molecule has 0 fully saturated rings. The molecule has 0 aliphatic carbocycles. The third-order valence-electron chi connectivity index (χ3n) is 2.40. The van der Waals surface area contributed by atoms with Crippen molar-refractivity contribution in [2.75, 3.05) is 5.73 Å². The molecular formula is C9H12N4. The van der Waals surface area contributed by atoms with Crippen LogP contribution in [0, 0.1) is 5.41 Å². The van der Waals surface area contributed by atoms with Gasteiger partial charge in [-0.3, -0.25) is 14.8 Å². The van der Waals surface area contributed by atoms with Gasteiger partial charge in [0, 0.05) is 25.2 Å². The Morgan fingerprint density at radius 3 is 2.62 bits per heavy atom. The number of anilines is 1. The number of hydrogen-bond donors (Lipinski definition) is 2. The third kappa shape index (κ3) is 0.950. The summed E-state index contributed by atoms with van der Waals surface area (Å²) in [5, 5.41) is 8.69. The number of nitrogens with one attached hydrogen (secondary N) is 1. The molecule has 0 saturated heterocycles. The molecule has 2 rings (SSSR count). The molecule has 0 bridgehead atoms. The van der Waals surface area contributed by atoms with Gasteiger partial charge in [-0.25, -0.2) is 0 Å². The Morgan fingerprint density at radius 1 is 1.23 bits per heavy atom. The van der Waals surface area contributed by atoms with Crippen LogP contribution in [0.4, 0.5) is 5.69 Å². The molecule has 4 heteroatoms. The quantitative estimate of drug-likeness (QED) is 0.567. The van der Waals surface area contributed by atoms with Crippen molar-refractivity contribution >= 4 is 16.6 Å². The van der Waals surface area contributed by atoms with Gasteiger partial charge in [-0.05, 0) is 18.2 Å². The Labute approximate surface area is 75.7 Å². The maximum Gasteiger partial charge on any atom is 0.149 e. The Bertz CT molecular complexity index is 518. The van der Waals surface area contributed by atoms with E-state index in [9.17, 15) is 0 Å².